The van der Waals surface area contributed by atoms with Crippen LogP contribution in [0, 0.1) is 10.1 Å². The second kappa shape index (κ2) is 7.38. The number of nitro benzene ring substituents is 1. The van der Waals surface area contributed by atoms with Gasteiger partial charge in [-0.05, 0) is 24.3 Å². The molecule has 9 nitrogen and oxygen atoms in total. The molecule has 3 rings (SSSR count). The number of ether oxygens (including phenoxy) is 1. The van der Waals surface area contributed by atoms with E-state index in [1.54, 1.807) is 18.2 Å². The van der Waals surface area contributed by atoms with Crippen molar-refractivity contribution in [2.45, 2.75) is 6.92 Å². The predicted octanol–water partition coefficient (Wildman–Crippen LogP) is 3.42. The molecule has 27 heavy (non-hydrogen) atoms. The lowest BCUT2D eigenvalue weighted by atomic mass is 10.1. The molecule has 138 valence electrons. The number of hydrogen-bond acceptors (Lipinski definition) is 7. The van der Waals surface area contributed by atoms with Crippen LogP contribution < -0.4 is 15.4 Å². The van der Waals surface area contributed by atoms with Crippen molar-refractivity contribution in [3.05, 3.63) is 52.1 Å². The van der Waals surface area contributed by atoms with Crippen LogP contribution in [0.15, 0.2) is 36.4 Å². The van der Waals surface area contributed by atoms with Crippen molar-refractivity contribution < 1.29 is 19.2 Å². The van der Waals surface area contributed by atoms with Crippen molar-refractivity contribution in [1.29, 1.82) is 0 Å². The molecule has 0 radical (unpaired) electrons. The Balaban J connectivity index is 1.88. The highest BCUT2D eigenvalue weighted by Gasteiger charge is 2.18. The van der Waals surface area contributed by atoms with Gasteiger partial charge in [-0.3, -0.25) is 19.7 Å². The summed E-state index contributed by atoms with van der Waals surface area (Å²) in [6.45, 7) is 1.39. The average Bonchev–Trinajstić information content (AvgIpc) is 3.01. The molecule has 0 saturated carbocycles. The number of non-ortho nitro benzene ring substituents is 1. The zero-order valence-electron chi connectivity index (χ0n) is 14.3. The minimum atomic E-state index is -0.580. The smallest absolute Gasteiger partial charge is 0.270 e. The van der Waals surface area contributed by atoms with Crippen LogP contribution in [0.2, 0.25) is 0 Å². The van der Waals surface area contributed by atoms with Gasteiger partial charge in [0, 0.05) is 24.7 Å². The maximum Gasteiger partial charge on any atom is 0.270 e. The highest BCUT2D eigenvalue weighted by molar-refractivity contribution is 7.22. The predicted molar refractivity (Wildman–Crippen MR) is 102 cm³/mol. The van der Waals surface area contributed by atoms with E-state index in [9.17, 15) is 19.7 Å². The van der Waals surface area contributed by atoms with Gasteiger partial charge in [-0.2, -0.15) is 0 Å². The number of benzene rings is 2. The van der Waals surface area contributed by atoms with Crippen molar-refractivity contribution in [2.75, 3.05) is 17.7 Å². The van der Waals surface area contributed by atoms with E-state index in [1.807, 2.05) is 0 Å². The van der Waals surface area contributed by atoms with Gasteiger partial charge in [0.05, 0.1) is 27.8 Å². The monoisotopic (exact) mass is 386 g/mol. The van der Waals surface area contributed by atoms with Crippen LogP contribution >= 0.6 is 11.3 Å². The van der Waals surface area contributed by atoms with Crippen molar-refractivity contribution in [1.82, 2.24) is 4.98 Å². The number of anilines is 2. The Morgan fingerprint density at radius 2 is 1.96 bits per heavy atom. The summed E-state index contributed by atoms with van der Waals surface area (Å²) in [7, 11) is 1.38. The summed E-state index contributed by atoms with van der Waals surface area (Å²) in [5, 5.41) is 16.7. The molecule has 0 aliphatic heterocycles. The largest absolute Gasteiger partial charge is 0.496 e. The molecule has 2 amide bonds. The molecule has 10 heteroatoms. The highest BCUT2D eigenvalue weighted by Crippen LogP contribution is 2.29. The number of rotatable bonds is 5. The Kier molecular flexibility index (Phi) is 4.99. The van der Waals surface area contributed by atoms with Gasteiger partial charge < -0.3 is 15.4 Å². The standard InChI is InChI=1S/C17H14N4O5S/c1-9(22)18-17-20-13-5-3-10(7-15(13)27-17)19-16(23)12-8-11(21(24)25)4-6-14(12)26-2/h3-8H,1-2H3,(H,19,23)(H,18,20,22). The number of carbonyl (C=O) groups excluding carboxylic acids is 2. The number of aromatic nitrogens is 1. The number of methoxy groups -OCH3 is 1. The minimum Gasteiger partial charge on any atom is -0.496 e. The molecule has 3 aromatic rings. The van der Waals surface area contributed by atoms with Crippen LogP contribution in [0.1, 0.15) is 17.3 Å². The van der Waals surface area contributed by atoms with Gasteiger partial charge in [-0.25, -0.2) is 4.98 Å². The number of nitro groups is 1. The fraction of sp³-hybridized carbons (Fsp3) is 0.118. The van der Waals surface area contributed by atoms with Crippen LogP contribution in [0.4, 0.5) is 16.5 Å². The van der Waals surface area contributed by atoms with E-state index in [4.69, 9.17) is 4.74 Å². The van der Waals surface area contributed by atoms with E-state index in [-0.39, 0.29) is 22.9 Å². The van der Waals surface area contributed by atoms with Crippen molar-refractivity contribution in [2.24, 2.45) is 0 Å². The summed E-state index contributed by atoms with van der Waals surface area (Å²) in [6.07, 6.45) is 0. The number of fused-ring (bicyclic) bond motifs is 1. The van der Waals surface area contributed by atoms with Crippen LogP contribution in [-0.4, -0.2) is 28.8 Å². The summed E-state index contributed by atoms with van der Waals surface area (Å²) < 4.78 is 5.88. The van der Waals surface area contributed by atoms with E-state index < -0.39 is 10.8 Å². The Hall–Kier alpha value is -3.53. The molecule has 1 aromatic heterocycles. The number of thiazole rings is 1. The normalized spacial score (nSPS) is 10.4. The Morgan fingerprint density at radius 1 is 1.19 bits per heavy atom. The summed E-state index contributed by atoms with van der Waals surface area (Å²) in [6, 6.07) is 8.87. The van der Waals surface area contributed by atoms with Gasteiger partial charge in [0.25, 0.3) is 11.6 Å². The van der Waals surface area contributed by atoms with Crippen LogP contribution in [0.3, 0.4) is 0 Å². The van der Waals surface area contributed by atoms with Gasteiger partial charge in [0.15, 0.2) is 5.13 Å². The number of hydrogen-bond donors (Lipinski definition) is 2. The molecule has 0 atom stereocenters. The summed E-state index contributed by atoms with van der Waals surface area (Å²) in [4.78, 5) is 38.4. The van der Waals surface area contributed by atoms with Crippen molar-refractivity contribution in [3.8, 4) is 5.75 Å². The fourth-order valence-electron chi connectivity index (χ4n) is 2.39. The highest BCUT2D eigenvalue weighted by atomic mass is 32.1. The minimum absolute atomic E-state index is 0.0510. The summed E-state index contributed by atoms with van der Waals surface area (Å²) in [5.74, 6) is -0.535. The molecular weight excluding hydrogens is 372 g/mol. The molecule has 0 aliphatic carbocycles. The zero-order valence-corrected chi connectivity index (χ0v) is 15.1. The third kappa shape index (κ3) is 4.01. The summed E-state index contributed by atoms with van der Waals surface area (Å²) in [5.41, 5.74) is 1.00. The topological polar surface area (TPSA) is 123 Å². The second-order valence-corrected chi connectivity index (χ2v) is 6.51. The molecule has 2 aromatic carbocycles. The van der Waals surface area contributed by atoms with Crippen LogP contribution in [-0.2, 0) is 4.79 Å². The summed E-state index contributed by atoms with van der Waals surface area (Å²) >= 11 is 1.27. The van der Waals surface area contributed by atoms with Gasteiger partial charge in [0.2, 0.25) is 5.91 Å². The third-order valence-corrected chi connectivity index (χ3v) is 4.50. The Morgan fingerprint density at radius 3 is 2.63 bits per heavy atom. The van der Waals surface area contributed by atoms with Crippen molar-refractivity contribution in [3.63, 3.8) is 0 Å². The Labute approximate surface area is 157 Å². The number of nitrogens with zero attached hydrogens (tertiary/aromatic N) is 2. The van der Waals surface area contributed by atoms with Gasteiger partial charge in [0.1, 0.15) is 5.75 Å². The molecule has 2 N–H and O–H groups in total. The molecule has 0 aliphatic rings. The molecule has 1 heterocycles. The molecule has 0 unspecified atom stereocenters. The Bertz CT molecular complexity index is 1060. The first-order valence-electron chi connectivity index (χ1n) is 7.69. The molecule has 0 spiro atoms. The lowest BCUT2D eigenvalue weighted by molar-refractivity contribution is -0.384. The first-order valence-corrected chi connectivity index (χ1v) is 8.51. The van der Waals surface area contributed by atoms with Gasteiger partial charge in [-0.1, -0.05) is 11.3 Å². The maximum absolute atomic E-state index is 12.6. The van der Waals surface area contributed by atoms with E-state index in [1.165, 1.54) is 37.5 Å². The van der Waals surface area contributed by atoms with Gasteiger partial charge >= 0.3 is 0 Å². The lowest BCUT2D eigenvalue weighted by Crippen LogP contribution is -2.13. The molecule has 0 saturated heterocycles. The van der Waals surface area contributed by atoms with Crippen LogP contribution in [0.5, 0.6) is 5.75 Å². The molecule has 0 bridgehead atoms. The lowest BCUT2D eigenvalue weighted by Gasteiger charge is -2.09. The maximum atomic E-state index is 12.6. The fourth-order valence-corrected chi connectivity index (χ4v) is 3.34. The number of amides is 2. The SMILES string of the molecule is COc1ccc([N+](=O)[O-])cc1C(=O)Nc1ccc2nc(NC(C)=O)sc2c1. The third-order valence-electron chi connectivity index (χ3n) is 3.57. The number of nitrogens with one attached hydrogen (secondary N) is 2. The average molecular weight is 386 g/mol. The van der Waals surface area contributed by atoms with E-state index in [0.717, 1.165) is 10.8 Å². The van der Waals surface area contributed by atoms with Gasteiger partial charge in [-0.15, -0.1) is 0 Å². The molecule has 0 fully saturated rings. The second-order valence-electron chi connectivity index (χ2n) is 5.48. The van der Waals surface area contributed by atoms with E-state index in [2.05, 4.69) is 15.6 Å². The first kappa shape index (κ1) is 18.3. The van der Waals surface area contributed by atoms with Crippen LogP contribution in [0.25, 0.3) is 10.2 Å². The molecular formula is C17H14N4O5S. The number of carbonyl (C=O) groups is 2. The first-order chi connectivity index (χ1) is 12.9. The zero-order chi connectivity index (χ0) is 19.6. The van der Waals surface area contributed by atoms with Crippen molar-refractivity contribution >= 4 is 49.9 Å². The van der Waals surface area contributed by atoms with E-state index in [0.29, 0.717) is 16.3 Å². The quantitative estimate of drug-likeness (QED) is 0.511. The van der Waals surface area contributed by atoms with E-state index >= 15 is 0 Å².